The lowest BCUT2D eigenvalue weighted by Gasteiger charge is -2.29. The van der Waals surface area contributed by atoms with Crippen LogP contribution in [0.1, 0.15) is 12.8 Å². The zero-order chi connectivity index (χ0) is 11.7. The number of aliphatic imine (C=N–C) groups is 1. The van der Waals surface area contributed by atoms with Gasteiger partial charge in [-0.1, -0.05) is 0 Å². The lowest BCUT2D eigenvalue weighted by Crippen LogP contribution is -2.44. The summed E-state index contributed by atoms with van der Waals surface area (Å²) < 4.78 is 5.36. The van der Waals surface area contributed by atoms with Crippen molar-refractivity contribution in [3.63, 3.8) is 0 Å². The number of carbonyl (C=O) groups is 1. The molecule has 2 amide bonds. The molecule has 0 bridgehead atoms. The number of hydrogen-bond donors (Lipinski definition) is 3. The number of nitrogens with two attached hydrogens (primary N) is 1. The topological polar surface area (TPSA) is 108 Å². The van der Waals surface area contributed by atoms with Crippen LogP contribution in [0.5, 0.6) is 0 Å². The molecule has 16 heavy (non-hydrogen) atoms. The summed E-state index contributed by atoms with van der Waals surface area (Å²) in [6.07, 6.45) is -1.08. The first-order valence-corrected chi connectivity index (χ1v) is 5.20. The first kappa shape index (κ1) is 11.3. The molecule has 0 aromatic heterocycles. The van der Waals surface area contributed by atoms with E-state index < -0.39 is 24.5 Å². The Balaban J connectivity index is 2.02. The van der Waals surface area contributed by atoms with Crippen molar-refractivity contribution < 1.29 is 19.7 Å². The molecule has 2 aliphatic heterocycles. The Morgan fingerprint density at radius 1 is 1.62 bits per heavy atom. The third-order valence-electron chi connectivity index (χ3n) is 2.83. The number of hydrogen-bond acceptors (Lipinski definition) is 5. The van der Waals surface area contributed by atoms with Crippen molar-refractivity contribution in [2.45, 2.75) is 31.3 Å². The van der Waals surface area contributed by atoms with Crippen molar-refractivity contribution in [3.05, 3.63) is 0 Å². The van der Waals surface area contributed by atoms with E-state index in [9.17, 15) is 9.90 Å². The van der Waals surface area contributed by atoms with Crippen molar-refractivity contribution in [3.8, 4) is 0 Å². The summed E-state index contributed by atoms with van der Waals surface area (Å²) >= 11 is 0. The third kappa shape index (κ3) is 2.01. The highest BCUT2D eigenvalue weighted by molar-refractivity contribution is 5.95. The molecule has 0 radical (unpaired) electrons. The standard InChI is InChI=1S/C9H15N3O4/c10-7-1-2-12(9(15)11-7)8-3-5(14)6(4-13)16-8/h5-6,8,13-14H,1-4H2,(H2,10,11,15)/t5-,6+,8+/m0/s1. The molecule has 2 heterocycles. The van der Waals surface area contributed by atoms with Crippen molar-refractivity contribution in [2.24, 2.45) is 10.7 Å². The average molecular weight is 229 g/mol. The molecule has 4 N–H and O–H groups in total. The number of carbonyl (C=O) groups excluding carboxylic acids is 1. The van der Waals surface area contributed by atoms with E-state index in [-0.39, 0.29) is 6.61 Å². The zero-order valence-corrected chi connectivity index (χ0v) is 8.74. The highest BCUT2D eigenvalue weighted by Crippen LogP contribution is 2.24. The van der Waals surface area contributed by atoms with Crippen LogP contribution in [0, 0.1) is 0 Å². The smallest absolute Gasteiger partial charge is 0.347 e. The first-order chi connectivity index (χ1) is 7.61. The summed E-state index contributed by atoms with van der Waals surface area (Å²) in [5.41, 5.74) is 5.44. The van der Waals surface area contributed by atoms with Crippen molar-refractivity contribution in [1.29, 1.82) is 0 Å². The molecule has 0 aliphatic carbocycles. The molecule has 0 aromatic carbocycles. The molecule has 1 saturated heterocycles. The fourth-order valence-corrected chi connectivity index (χ4v) is 1.91. The van der Waals surface area contributed by atoms with Gasteiger partial charge in [0.2, 0.25) is 0 Å². The molecule has 0 unspecified atom stereocenters. The number of aliphatic hydroxyl groups is 2. The molecular formula is C9H15N3O4. The molecule has 0 aromatic rings. The predicted molar refractivity (Wildman–Crippen MR) is 54.7 cm³/mol. The number of urea groups is 1. The Morgan fingerprint density at radius 3 is 2.94 bits per heavy atom. The second-order valence-corrected chi connectivity index (χ2v) is 3.94. The fourth-order valence-electron chi connectivity index (χ4n) is 1.91. The van der Waals surface area contributed by atoms with Gasteiger partial charge in [-0.2, -0.15) is 4.99 Å². The van der Waals surface area contributed by atoms with Gasteiger partial charge in [0.05, 0.1) is 12.7 Å². The van der Waals surface area contributed by atoms with Crippen molar-refractivity contribution in [1.82, 2.24) is 4.90 Å². The maximum Gasteiger partial charge on any atom is 0.347 e. The maximum atomic E-state index is 11.5. The number of amidine groups is 1. The summed E-state index contributed by atoms with van der Waals surface area (Å²) in [4.78, 5) is 16.6. The molecule has 2 rings (SSSR count). The number of aliphatic hydroxyl groups excluding tert-OH is 2. The summed E-state index contributed by atoms with van der Waals surface area (Å²) in [7, 11) is 0. The van der Waals surface area contributed by atoms with E-state index in [1.807, 2.05) is 0 Å². The van der Waals surface area contributed by atoms with Crippen LogP contribution in [0.4, 0.5) is 4.79 Å². The van der Waals surface area contributed by atoms with Gasteiger partial charge in [0.15, 0.2) is 0 Å². The minimum absolute atomic E-state index is 0.259. The summed E-state index contributed by atoms with van der Waals surface area (Å²) in [5, 5.41) is 18.5. The average Bonchev–Trinajstić information content (AvgIpc) is 2.59. The number of ether oxygens (including phenoxy) is 1. The largest absolute Gasteiger partial charge is 0.394 e. The quantitative estimate of drug-likeness (QED) is 0.541. The second kappa shape index (κ2) is 4.36. The van der Waals surface area contributed by atoms with E-state index in [1.165, 1.54) is 4.90 Å². The van der Waals surface area contributed by atoms with Gasteiger partial charge in [0.1, 0.15) is 18.2 Å². The van der Waals surface area contributed by atoms with Gasteiger partial charge in [-0.15, -0.1) is 0 Å². The maximum absolute atomic E-state index is 11.5. The predicted octanol–water partition coefficient (Wildman–Crippen LogP) is -1.36. The van der Waals surface area contributed by atoms with Crippen LogP contribution < -0.4 is 5.73 Å². The Bertz CT molecular complexity index is 320. The number of nitrogens with zero attached hydrogens (tertiary/aromatic N) is 2. The van der Waals surface area contributed by atoms with Crippen LogP contribution in [0.25, 0.3) is 0 Å². The number of rotatable bonds is 2. The highest BCUT2D eigenvalue weighted by atomic mass is 16.5. The molecule has 0 spiro atoms. The van der Waals surface area contributed by atoms with Gasteiger partial charge < -0.3 is 20.7 Å². The van der Waals surface area contributed by atoms with E-state index >= 15 is 0 Å². The van der Waals surface area contributed by atoms with E-state index in [2.05, 4.69) is 4.99 Å². The molecule has 90 valence electrons. The molecule has 1 fully saturated rings. The molecule has 7 heteroatoms. The van der Waals surface area contributed by atoms with Crippen LogP contribution in [-0.4, -0.2) is 58.6 Å². The van der Waals surface area contributed by atoms with Gasteiger partial charge in [-0.25, -0.2) is 4.79 Å². The van der Waals surface area contributed by atoms with Gasteiger partial charge in [0.25, 0.3) is 0 Å². The van der Waals surface area contributed by atoms with Crippen LogP contribution >= 0.6 is 0 Å². The van der Waals surface area contributed by atoms with Gasteiger partial charge in [0, 0.05) is 19.4 Å². The lowest BCUT2D eigenvalue weighted by molar-refractivity contribution is -0.0631. The molecule has 3 atom stereocenters. The van der Waals surface area contributed by atoms with Crippen molar-refractivity contribution in [2.75, 3.05) is 13.2 Å². The molecular weight excluding hydrogens is 214 g/mol. The van der Waals surface area contributed by atoms with Crippen LogP contribution in [0.15, 0.2) is 4.99 Å². The van der Waals surface area contributed by atoms with E-state index in [0.29, 0.717) is 25.2 Å². The second-order valence-electron chi connectivity index (χ2n) is 3.94. The Kier molecular flexibility index (Phi) is 3.08. The molecule has 2 aliphatic rings. The highest BCUT2D eigenvalue weighted by Gasteiger charge is 2.39. The minimum Gasteiger partial charge on any atom is -0.394 e. The first-order valence-electron chi connectivity index (χ1n) is 5.20. The SMILES string of the molecule is NC1=NC(=O)N([C@H]2C[C@H](O)[C@@H](CO)O2)CC1. The van der Waals surface area contributed by atoms with Crippen molar-refractivity contribution >= 4 is 11.9 Å². The van der Waals surface area contributed by atoms with Crippen LogP contribution in [-0.2, 0) is 4.74 Å². The normalized spacial score (nSPS) is 35.4. The van der Waals surface area contributed by atoms with Gasteiger partial charge >= 0.3 is 6.03 Å². The lowest BCUT2D eigenvalue weighted by atomic mass is 10.2. The van der Waals surface area contributed by atoms with E-state index in [4.69, 9.17) is 15.6 Å². The Morgan fingerprint density at radius 2 is 2.38 bits per heavy atom. The summed E-state index contributed by atoms with van der Waals surface area (Å²) in [5.74, 6) is 0.318. The molecule has 7 nitrogen and oxygen atoms in total. The fraction of sp³-hybridized carbons (Fsp3) is 0.778. The minimum atomic E-state index is -0.744. The number of amides is 2. The monoisotopic (exact) mass is 229 g/mol. The van der Waals surface area contributed by atoms with Crippen LogP contribution in [0.2, 0.25) is 0 Å². The molecule has 0 saturated carbocycles. The van der Waals surface area contributed by atoms with Crippen LogP contribution in [0.3, 0.4) is 0 Å². The summed E-state index contributed by atoms with van der Waals surface area (Å²) in [6.45, 7) is 0.175. The van der Waals surface area contributed by atoms with E-state index in [0.717, 1.165) is 0 Å². The van der Waals surface area contributed by atoms with Gasteiger partial charge in [-0.05, 0) is 0 Å². The Labute approximate surface area is 92.5 Å². The Hall–Kier alpha value is -1.18. The zero-order valence-electron chi connectivity index (χ0n) is 8.74. The van der Waals surface area contributed by atoms with E-state index in [1.54, 1.807) is 0 Å². The van der Waals surface area contributed by atoms with Gasteiger partial charge in [-0.3, -0.25) is 4.90 Å². The summed E-state index contributed by atoms with van der Waals surface area (Å²) in [6, 6.07) is -0.445. The third-order valence-corrected chi connectivity index (χ3v) is 2.83.